The van der Waals surface area contributed by atoms with E-state index in [1.54, 1.807) is 33.0 Å². The Labute approximate surface area is 142 Å². The maximum Gasteiger partial charge on any atom is 0.193 e. The van der Waals surface area contributed by atoms with Crippen molar-refractivity contribution in [2.45, 2.75) is 24.7 Å². The number of aliphatic hydroxyl groups excluding tert-OH is 1. The smallest absolute Gasteiger partial charge is 0.193 e. The van der Waals surface area contributed by atoms with Crippen LogP contribution in [0.4, 0.5) is 4.39 Å². The largest absolute Gasteiger partial charge is 0.386 e. The molecule has 1 saturated heterocycles. The topological polar surface area (TPSA) is 82.0 Å². The molecule has 0 aliphatic carbocycles. The summed E-state index contributed by atoms with van der Waals surface area (Å²) in [5.41, 5.74) is 0.210. The molecule has 0 radical (unpaired) electrons. The Kier molecular flexibility index (Phi) is 5.49. The molecule has 6 nitrogen and oxygen atoms in total. The highest BCUT2D eigenvalue weighted by atomic mass is 32.2. The molecule has 24 heavy (non-hydrogen) atoms. The fourth-order valence-electron chi connectivity index (χ4n) is 2.70. The second-order valence-corrected chi connectivity index (χ2v) is 9.21. The van der Waals surface area contributed by atoms with Gasteiger partial charge in [-0.1, -0.05) is 18.2 Å². The van der Waals surface area contributed by atoms with Gasteiger partial charge in [-0.05, 0) is 19.9 Å². The maximum atomic E-state index is 13.7. The van der Waals surface area contributed by atoms with Crippen LogP contribution >= 0.6 is 0 Å². The standard InChI is InChI=1S/C16H24FN3O3S/c1-16(2)11-20(8-9-24(16,22)23)15(18-3)19-10-14(21)12-6-4-5-7-13(12)17/h4-7,14,21H,8-11H2,1-3H3,(H,18,19). The molecule has 1 aliphatic heterocycles. The average molecular weight is 357 g/mol. The fourth-order valence-corrected chi connectivity index (χ4v) is 4.07. The molecule has 0 amide bonds. The number of sulfone groups is 1. The lowest BCUT2D eigenvalue weighted by Crippen LogP contribution is -2.57. The molecule has 134 valence electrons. The van der Waals surface area contributed by atoms with Gasteiger partial charge in [0.2, 0.25) is 0 Å². The number of guanidine groups is 1. The van der Waals surface area contributed by atoms with Crippen LogP contribution in [0.15, 0.2) is 29.3 Å². The minimum Gasteiger partial charge on any atom is -0.386 e. The number of aliphatic imine (C=N–C) groups is 1. The number of rotatable bonds is 3. The Morgan fingerprint density at radius 2 is 2.12 bits per heavy atom. The van der Waals surface area contributed by atoms with Crippen LogP contribution < -0.4 is 5.32 Å². The first-order valence-corrected chi connectivity index (χ1v) is 9.43. The summed E-state index contributed by atoms with van der Waals surface area (Å²) in [5.74, 6) is 0.0803. The molecule has 1 unspecified atom stereocenters. The van der Waals surface area contributed by atoms with Gasteiger partial charge in [0.15, 0.2) is 15.8 Å². The summed E-state index contributed by atoms with van der Waals surface area (Å²) in [6.07, 6.45) is -1.02. The lowest BCUT2D eigenvalue weighted by Gasteiger charge is -2.39. The van der Waals surface area contributed by atoms with E-state index in [2.05, 4.69) is 10.3 Å². The monoisotopic (exact) mass is 357 g/mol. The molecule has 8 heteroatoms. The van der Waals surface area contributed by atoms with Crippen LogP contribution in [0.5, 0.6) is 0 Å². The second kappa shape index (κ2) is 7.06. The Hall–Kier alpha value is -1.67. The minimum atomic E-state index is -3.14. The molecule has 1 aromatic rings. The van der Waals surface area contributed by atoms with Gasteiger partial charge in [0, 0.05) is 32.2 Å². The van der Waals surface area contributed by atoms with Gasteiger partial charge in [0.1, 0.15) is 5.82 Å². The van der Waals surface area contributed by atoms with Crippen LogP contribution in [0.2, 0.25) is 0 Å². The molecule has 0 spiro atoms. The van der Waals surface area contributed by atoms with Crippen LogP contribution in [0.1, 0.15) is 25.5 Å². The van der Waals surface area contributed by atoms with Crippen molar-refractivity contribution in [2.75, 3.05) is 32.4 Å². The third-order valence-electron chi connectivity index (χ3n) is 4.27. The lowest BCUT2D eigenvalue weighted by molar-refractivity contribution is 0.174. The van der Waals surface area contributed by atoms with Gasteiger partial charge >= 0.3 is 0 Å². The molecule has 1 atom stereocenters. The van der Waals surface area contributed by atoms with Crippen LogP contribution in [-0.2, 0) is 9.84 Å². The number of nitrogens with zero attached hydrogens (tertiary/aromatic N) is 2. The SMILES string of the molecule is CN=C(NCC(O)c1ccccc1F)N1CCS(=O)(=O)C(C)(C)C1. The normalized spacial score (nSPS) is 21.4. The van der Waals surface area contributed by atoms with Crippen LogP contribution in [0.3, 0.4) is 0 Å². The molecule has 0 aromatic heterocycles. The quantitative estimate of drug-likeness (QED) is 0.622. The first-order chi connectivity index (χ1) is 11.2. The van der Waals surface area contributed by atoms with E-state index in [1.807, 2.05) is 4.90 Å². The molecule has 0 saturated carbocycles. The van der Waals surface area contributed by atoms with E-state index in [0.29, 0.717) is 19.0 Å². The highest BCUT2D eigenvalue weighted by Gasteiger charge is 2.41. The summed E-state index contributed by atoms with van der Waals surface area (Å²) < 4.78 is 37.0. The van der Waals surface area contributed by atoms with Gasteiger partial charge in [-0.25, -0.2) is 12.8 Å². The molecular formula is C16H24FN3O3S. The highest BCUT2D eigenvalue weighted by Crippen LogP contribution is 2.24. The number of hydrogen-bond donors (Lipinski definition) is 2. The third-order valence-corrected chi connectivity index (χ3v) is 6.81. The molecule has 0 bridgehead atoms. The van der Waals surface area contributed by atoms with Crippen molar-refractivity contribution in [1.29, 1.82) is 0 Å². The maximum absolute atomic E-state index is 13.7. The summed E-state index contributed by atoms with van der Waals surface area (Å²) in [7, 11) is -1.55. The first-order valence-electron chi connectivity index (χ1n) is 7.78. The molecule has 1 aromatic carbocycles. The van der Waals surface area contributed by atoms with Crippen molar-refractivity contribution in [3.05, 3.63) is 35.6 Å². The van der Waals surface area contributed by atoms with Gasteiger partial charge in [0.25, 0.3) is 0 Å². The fraction of sp³-hybridized carbons (Fsp3) is 0.562. The number of benzene rings is 1. The van der Waals surface area contributed by atoms with Gasteiger partial charge in [0.05, 0.1) is 16.6 Å². The third kappa shape index (κ3) is 3.87. The van der Waals surface area contributed by atoms with E-state index in [4.69, 9.17) is 0 Å². The summed E-state index contributed by atoms with van der Waals surface area (Å²) in [5, 5.41) is 13.2. The van der Waals surface area contributed by atoms with Crippen LogP contribution in [0.25, 0.3) is 0 Å². The zero-order chi connectivity index (χ0) is 18.0. The highest BCUT2D eigenvalue weighted by molar-refractivity contribution is 7.92. The minimum absolute atomic E-state index is 0.0521. The van der Waals surface area contributed by atoms with Crippen molar-refractivity contribution >= 4 is 15.8 Å². The van der Waals surface area contributed by atoms with Crippen LogP contribution in [0, 0.1) is 5.82 Å². The van der Waals surface area contributed by atoms with Gasteiger partial charge in [-0.2, -0.15) is 0 Å². The summed E-state index contributed by atoms with van der Waals surface area (Å²) in [6, 6.07) is 6.05. The number of hydrogen-bond acceptors (Lipinski definition) is 4. The predicted octanol–water partition coefficient (Wildman–Crippen LogP) is 0.944. The van der Waals surface area contributed by atoms with E-state index >= 15 is 0 Å². The van der Waals surface area contributed by atoms with Crippen molar-refractivity contribution in [1.82, 2.24) is 10.2 Å². The molecule has 2 rings (SSSR count). The molecule has 1 heterocycles. The van der Waals surface area contributed by atoms with E-state index in [1.165, 1.54) is 12.1 Å². The van der Waals surface area contributed by atoms with Crippen molar-refractivity contribution in [2.24, 2.45) is 4.99 Å². The van der Waals surface area contributed by atoms with Gasteiger partial charge in [-0.3, -0.25) is 4.99 Å². The summed E-state index contributed by atoms with van der Waals surface area (Å²) >= 11 is 0. The van der Waals surface area contributed by atoms with Gasteiger partial charge < -0.3 is 15.3 Å². The van der Waals surface area contributed by atoms with Crippen molar-refractivity contribution in [3.8, 4) is 0 Å². The van der Waals surface area contributed by atoms with E-state index < -0.39 is 26.5 Å². The molecule has 2 N–H and O–H groups in total. The molecule has 1 fully saturated rings. The predicted molar refractivity (Wildman–Crippen MR) is 92.2 cm³/mol. The second-order valence-electron chi connectivity index (χ2n) is 6.47. The zero-order valence-electron chi connectivity index (χ0n) is 14.2. The van der Waals surface area contributed by atoms with Crippen molar-refractivity contribution < 1.29 is 17.9 Å². The molecule has 1 aliphatic rings. The number of halogens is 1. The zero-order valence-corrected chi connectivity index (χ0v) is 15.0. The van der Waals surface area contributed by atoms with Crippen molar-refractivity contribution in [3.63, 3.8) is 0 Å². The first kappa shape index (κ1) is 18.7. The summed E-state index contributed by atoms with van der Waals surface area (Å²) in [6.45, 7) is 4.11. The molecular weight excluding hydrogens is 333 g/mol. The Morgan fingerprint density at radius 1 is 1.46 bits per heavy atom. The summed E-state index contributed by atoms with van der Waals surface area (Å²) in [4.78, 5) is 5.99. The van der Waals surface area contributed by atoms with Gasteiger partial charge in [-0.15, -0.1) is 0 Å². The van der Waals surface area contributed by atoms with E-state index in [9.17, 15) is 17.9 Å². The van der Waals surface area contributed by atoms with Crippen LogP contribution in [-0.4, -0.2) is 61.6 Å². The average Bonchev–Trinajstić information content (AvgIpc) is 2.51. The lowest BCUT2D eigenvalue weighted by atomic mass is 10.1. The van der Waals surface area contributed by atoms with E-state index in [-0.39, 0.29) is 17.9 Å². The Morgan fingerprint density at radius 3 is 2.71 bits per heavy atom. The Bertz CT molecular complexity index is 719. The van der Waals surface area contributed by atoms with E-state index in [0.717, 1.165) is 0 Å². The Balaban J connectivity index is 2.02. The number of aliphatic hydroxyl groups is 1. The number of nitrogens with one attached hydrogen (secondary N) is 1.